The van der Waals surface area contributed by atoms with E-state index in [0.717, 1.165) is 0 Å². The van der Waals surface area contributed by atoms with Crippen LogP contribution >= 0.6 is 15.9 Å². The number of ether oxygens (including phenoxy) is 1. The average Bonchev–Trinajstić information content (AvgIpc) is 2.99. The molecule has 0 atom stereocenters. The van der Waals surface area contributed by atoms with Crippen LogP contribution in [0.15, 0.2) is 35.1 Å². The lowest BCUT2D eigenvalue weighted by molar-refractivity contribution is 0.112. The molecular weight excluding hydrogens is 393 g/mol. The summed E-state index contributed by atoms with van der Waals surface area (Å²) in [5.41, 5.74) is 1.20. The molecule has 3 rings (SSSR count). The summed E-state index contributed by atoms with van der Waals surface area (Å²) in [5.74, 6) is 0.490. The molecular formula is C16H15BrFN5O2. The summed E-state index contributed by atoms with van der Waals surface area (Å²) in [6.45, 7) is 1.06. The van der Waals surface area contributed by atoms with Crippen molar-refractivity contribution in [3.8, 4) is 5.75 Å². The van der Waals surface area contributed by atoms with Gasteiger partial charge in [-0.1, -0.05) is 0 Å². The Morgan fingerprint density at radius 2 is 2.28 bits per heavy atom. The Balaban J connectivity index is 1.94. The molecule has 7 nitrogen and oxygen atoms in total. The van der Waals surface area contributed by atoms with E-state index in [1.54, 1.807) is 12.3 Å². The number of halogens is 2. The van der Waals surface area contributed by atoms with Crippen molar-refractivity contribution in [3.63, 3.8) is 0 Å². The molecule has 0 spiro atoms. The number of aldehydes is 1. The number of anilines is 2. The number of hydrogen-bond donors (Lipinski definition) is 2. The van der Waals surface area contributed by atoms with Crippen molar-refractivity contribution in [1.29, 1.82) is 0 Å². The van der Waals surface area contributed by atoms with Crippen LogP contribution in [0.4, 0.5) is 15.9 Å². The highest BCUT2D eigenvalue weighted by Crippen LogP contribution is 2.36. The highest BCUT2D eigenvalue weighted by Gasteiger charge is 2.13. The molecule has 130 valence electrons. The monoisotopic (exact) mass is 407 g/mol. The Hall–Kier alpha value is -2.52. The number of nitrogens with one attached hydrogen (secondary N) is 2. The van der Waals surface area contributed by atoms with Crippen LogP contribution in [0.3, 0.4) is 0 Å². The number of rotatable bonds is 7. The zero-order valence-electron chi connectivity index (χ0n) is 13.3. The summed E-state index contributed by atoms with van der Waals surface area (Å²) in [7, 11) is 1.82. The van der Waals surface area contributed by atoms with Gasteiger partial charge in [-0.2, -0.15) is 5.10 Å². The SMILES string of the molecule is CNCCOc1c(Br)cc(F)cc1Nc1ccn2ncc(C=O)c2n1. The maximum Gasteiger partial charge on any atom is 0.167 e. The third kappa shape index (κ3) is 3.77. The van der Waals surface area contributed by atoms with Gasteiger partial charge in [0.15, 0.2) is 17.7 Å². The second-order valence-corrected chi connectivity index (χ2v) is 5.99. The number of hydrogen-bond acceptors (Lipinski definition) is 6. The summed E-state index contributed by atoms with van der Waals surface area (Å²) in [4.78, 5) is 15.4. The number of benzene rings is 1. The molecule has 0 radical (unpaired) electrons. The van der Waals surface area contributed by atoms with Crippen LogP contribution < -0.4 is 15.4 Å². The lowest BCUT2D eigenvalue weighted by atomic mass is 10.2. The van der Waals surface area contributed by atoms with Crippen molar-refractivity contribution in [2.45, 2.75) is 0 Å². The minimum absolute atomic E-state index is 0.370. The van der Waals surface area contributed by atoms with Crippen LogP contribution in [0.25, 0.3) is 5.65 Å². The zero-order valence-corrected chi connectivity index (χ0v) is 14.9. The summed E-state index contributed by atoms with van der Waals surface area (Å²) < 4.78 is 21.5. The normalized spacial score (nSPS) is 10.8. The highest BCUT2D eigenvalue weighted by atomic mass is 79.9. The summed E-state index contributed by atoms with van der Waals surface area (Å²) >= 11 is 3.31. The van der Waals surface area contributed by atoms with Crippen molar-refractivity contribution >= 4 is 39.4 Å². The van der Waals surface area contributed by atoms with Crippen molar-refractivity contribution in [3.05, 3.63) is 46.4 Å². The summed E-state index contributed by atoms with van der Waals surface area (Å²) in [5, 5.41) is 10.0. The number of carbonyl (C=O) groups is 1. The van der Waals surface area contributed by atoms with E-state index in [4.69, 9.17) is 4.74 Å². The molecule has 9 heteroatoms. The first-order valence-electron chi connectivity index (χ1n) is 7.45. The minimum atomic E-state index is -0.422. The topological polar surface area (TPSA) is 80.5 Å². The van der Waals surface area contributed by atoms with Gasteiger partial charge in [0.25, 0.3) is 0 Å². The van der Waals surface area contributed by atoms with Gasteiger partial charge in [-0.25, -0.2) is 13.9 Å². The van der Waals surface area contributed by atoms with Gasteiger partial charge < -0.3 is 15.4 Å². The van der Waals surface area contributed by atoms with Gasteiger partial charge in [0.1, 0.15) is 18.2 Å². The number of fused-ring (bicyclic) bond motifs is 1. The first-order valence-corrected chi connectivity index (χ1v) is 8.24. The Kier molecular flexibility index (Phi) is 5.25. The third-order valence-electron chi connectivity index (χ3n) is 3.39. The van der Waals surface area contributed by atoms with Crippen LogP contribution in [-0.2, 0) is 0 Å². The van der Waals surface area contributed by atoms with Gasteiger partial charge in [-0.05, 0) is 35.1 Å². The first-order chi connectivity index (χ1) is 12.1. The van der Waals surface area contributed by atoms with E-state index < -0.39 is 5.82 Å². The molecule has 0 amide bonds. The molecule has 0 aliphatic carbocycles. The molecule has 0 fully saturated rings. The maximum atomic E-state index is 13.8. The first kappa shape index (κ1) is 17.3. The molecule has 2 aromatic heterocycles. The number of aromatic nitrogens is 3. The Labute approximate surface area is 151 Å². The van der Waals surface area contributed by atoms with Gasteiger partial charge in [-0.3, -0.25) is 4.79 Å². The minimum Gasteiger partial charge on any atom is -0.489 e. The molecule has 2 heterocycles. The fourth-order valence-electron chi connectivity index (χ4n) is 2.23. The highest BCUT2D eigenvalue weighted by molar-refractivity contribution is 9.10. The van der Waals surface area contributed by atoms with Crippen LogP contribution in [0, 0.1) is 5.82 Å². The van der Waals surface area contributed by atoms with Gasteiger partial charge in [0.2, 0.25) is 0 Å². The van der Waals surface area contributed by atoms with Gasteiger partial charge >= 0.3 is 0 Å². The van der Waals surface area contributed by atoms with Gasteiger partial charge in [-0.15, -0.1) is 0 Å². The average molecular weight is 408 g/mol. The zero-order chi connectivity index (χ0) is 17.8. The molecule has 0 aliphatic heterocycles. The van der Waals surface area contributed by atoms with Crippen molar-refractivity contribution in [2.24, 2.45) is 0 Å². The second-order valence-electron chi connectivity index (χ2n) is 5.14. The van der Waals surface area contributed by atoms with Crippen molar-refractivity contribution in [2.75, 3.05) is 25.5 Å². The predicted molar refractivity (Wildman–Crippen MR) is 95.2 cm³/mol. The van der Waals surface area contributed by atoms with Crippen molar-refractivity contribution < 1.29 is 13.9 Å². The van der Waals surface area contributed by atoms with Gasteiger partial charge in [0.05, 0.1) is 21.9 Å². The molecule has 3 aromatic rings. The third-order valence-corrected chi connectivity index (χ3v) is 3.98. The van der Waals surface area contributed by atoms with E-state index in [-0.39, 0.29) is 0 Å². The molecule has 25 heavy (non-hydrogen) atoms. The van der Waals surface area contributed by atoms with Crippen LogP contribution in [0.1, 0.15) is 10.4 Å². The standard InChI is InChI=1S/C16H15BrFN5O2/c1-19-3-5-25-15-12(17)6-11(18)7-13(15)21-14-2-4-23-16(22-14)10(9-24)8-20-23/h2,4,6-9,19H,3,5H2,1H3,(H,21,22). The molecule has 0 aliphatic rings. The lowest BCUT2D eigenvalue weighted by Gasteiger charge is -2.15. The number of carbonyl (C=O) groups excluding carboxylic acids is 1. The van der Waals surface area contributed by atoms with Crippen LogP contribution in [0.5, 0.6) is 5.75 Å². The van der Waals surface area contributed by atoms with Crippen molar-refractivity contribution in [1.82, 2.24) is 19.9 Å². The van der Waals surface area contributed by atoms with E-state index in [1.165, 1.54) is 22.8 Å². The molecule has 0 bridgehead atoms. The molecule has 0 unspecified atom stereocenters. The molecule has 0 saturated carbocycles. The lowest BCUT2D eigenvalue weighted by Crippen LogP contribution is -2.16. The van der Waals surface area contributed by atoms with Crippen LogP contribution in [-0.4, -0.2) is 41.1 Å². The largest absolute Gasteiger partial charge is 0.489 e. The summed E-state index contributed by atoms with van der Waals surface area (Å²) in [6, 6.07) is 4.32. The van der Waals surface area contributed by atoms with Crippen LogP contribution in [0.2, 0.25) is 0 Å². The summed E-state index contributed by atoms with van der Waals surface area (Å²) in [6.07, 6.45) is 3.78. The smallest absolute Gasteiger partial charge is 0.167 e. The van der Waals surface area contributed by atoms with Gasteiger partial charge in [0, 0.05) is 18.8 Å². The Morgan fingerprint density at radius 1 is 1.44 bits per heavy atom. The van der Waals surface area contributed by atoms with E-state index in [2.05, 4.69) is 36.6 Å². The Morgan fingerprint density at radius 3 is 3.04 bits per heavy atom. The Bertz CT molecular complexity index is 915. The van der Waals surface area contributed by atoms with E-state index in [9.17, 15) is 9.18 Å². The molecule has 2 N–H and O–H groups in total. The molecule has 0 saturated heterocycles. The fraction of sp³-hybridized carbons (Fsp3) is 0.188. The fourth-order valence-corrected chi connectivity index (χ4v) is 2.78. The number of nitrogens with zero attached hydrogens (tertiary/aromatic N) is 3. The maximum absolute atomic E-state index is 13.8. The quantitative estimate of drug-likeness (QED) is 0.462. The van der Waals surface area contributed by atoms with E-state index in [1.807, 2.05) is 7.05 Å². The predicted octanol–water partition coefficient (Wildman–Crippen LogP) is 2.79. The second kappa shape index (κ2) is 7.58. The van der Waals surface area contributed by atoms with E-state index >= 15 is 0 Å². The number of likely N-dealkylation sites (N-methyl/N-ethyl adjacent to an activating group) is 1. The molecule has 1 aromatic carbocycles. The van der Waals surface area contributed by atoms with E-state index in [0.29, 0.717) is 52.4 Å².